The fraction of sp³-hybridized carbons (Fsp3) is 0.222. The zero-order chi connectivity index (χ0) is 19.3. The van der Waals surface area contributed by atoms with E-state index in [1.807, 2.05) is 6.92 Å². The molecule has 0 saturated heterocycles. The van der Waals surface area contributed by atoms with Crippen LogP contribution in [0.4, 0.5) is 11.4 Å². The van der Waals surface area contributed by atoms with E-state index in [0.29, 0.717) is 17.3 Å². The molecule has 0 aromatic heterocycles. The molecule has 0 unspecified atom stereocenters. The average molecular weight is 376 g/mol. The quantitative estimate of drug-likeness (QED) is 0.616. The van der Waals surface area contributed by atoms with Crippen molar-refractivity contribution < 1.29 is 14.5 Å². The van der Waals surface area contributed by atoms with Crippen LogP contribution >= 0.6 is 11.6 Å². The van der Waals surface area contributed by atoms with Crippen molar-refractivity contribution in [3.05, 3.63) is 68.7 Å². The maximum Gasteiger partial charge on any atom is 0.269 e. The van der Waals surface area contributed by atoms with Crippen molar-refractivity contribution in [1.29, 1.82) is 0 Å². The number of nitrogens with zero attached hydrogens (tertiary/aromatic N) is 2. The average Bonchev–Trinajstić information content (AvgIpc) is 2.62. The zero-order valence-corrected chi connectivity index (χ0v) is 15.1. The minimum absolute atomic E-state index is 0.0984. The molecule has 7 nitrogen and oxygen atoms in total. The third kappa shape index (κ3) is 4.80. The number of rotatable bonds is 6. The van der Waals surface area contributed by atoms with Crippen molar-refractivity contribution in [2.24, 2.45) is 0 Å². The largest absolute Gasteiger partial charge is 0.330 e. The van der Waals surface area contributed by atoms with E-state index in [2.05, 4.69) is 5.32 Å². The molecule has 2 rings (SSSR count). The minimum atomic E-state index is -0.535. The summed E-state index contributed by atoms with van der Waals surface area (Å²) in [5.74, 6) is -0.729. The molecule has 0 bridgehead atoms. The van der Waals surface area contributed by atoms with E-state index >= 15 is 0 Å². The van der Waals surface area contributed by atoms with Gasteiger partial charge < -0.3 is 10.2 Å². The normalized spacial score (nSPS) is 10.3. The lowest BCUT2D eigenvalue weighted by Crippen LogP contribution is -2.37. The molecule has 0 aliphatic rings. The molecule has 0 radical (unpaired) electrons. The van der Waals surface area contributed by atoms with E-state index in [4.69, 9.17) is 11.6 Å². The first-order chi connectivity index (χ1) is 12.3. The van der Waals surface area contributed by atoms with Crippen LogP contribution in [0.2, 0.25) is 5.02 Å². The Kier molecular flexibility index (Phi) is 6.30. The van der Waals surface area contributed by atoms with Crippen molar-refractivity contribution in [2.45, 2.75) is 13.8 Å². The Hall–Kier alpha value is -2.93. The van der Waals surface area contributed by atoms with Gasteiger partial charge in [0.2, 0.25) is 5.91 Å². The fourth-order valence-electron chi connectivity index (χ4n) is 2.33. The van der Waals surface area contributed by atoms with Gasteiger partial charge in [0.15, 0.2) is 0 Å². The molecular formula is C18H18ClN3O4. The first-order valence-corrected chi connectivity index (χ1v) is 8.29. The molecule has 0 fully saturated rings. The summed E-state index contributed by atoms with van der Waals surface area (Å²) in [7, 11) is 0. The van der Waals surface area contributed by atoms with Crippen LogP contribution in [0, 0.1) is 17.0 Å². The zero-order valence-electron chi connectivity index (χ0n) is 14.4. The second-order valence-electron chi connectivity index (χ2n) is 5.63. The lowest BCUT2D eigenvalue weighted by molar-refractivity contribution is -0.384. The van der Waals surface area contributed by atoms with Crippen LogP contribution < -0.4 is 5.32 Å². The van der Waals surface area contributed by atoms with E-state index in [1.54, 1.807) is 25.1 Å². The maximum absolute atomic E-state index is 12.5. The number of benzene rings is 2. The van der Waals surface area contributed by atoms with E-state index < -0.39 is 4.92 Å². The van der Waals surface area contributed by atoms with Gasteiger partial charge in [0.1, 0.15) is 6.54 Å². The summed E-state index contributed by atoms with van der Waals surface area (Å²) in [6.07, 6.45) is 0. The molecule has 2 aromatic carbocycles. The van der Waals surface area contributed by atoms with E-state index in [-0.39, 0.29) is 29.6 Å². The minimum Gasteiger partial charge on any atom is -0.330 e. The topological polar surface area (TPSA) is 92.6 Å². The number of halogens is 1. The maximum atomic E-state index is 12.5. The van der Waals surface area contributed by atoms with Crippen molar-refractivity contribution in [2.75, 3.05) is 18.4 Å². The van der Waals surface area contributed by atoms with Gasteiger partial charge in [-0.15, -0.1) is 0 Å². The Morgan fingerprint density at radius 2 is 1.85 bits per heavy atom. The van der Waals surface area contributed by atoms with Gasteiger partial charge in [-0.3, -0.25) is 19.7 Å². The number of carbonyl (C=O) groups is 2. The predicted molar refractivity (Wildman–Crippen MR) is 99.5 cm³/mol. The van der Waals surface area contributed by atoms with Gasteiger partial charge >= 0.3 is 0 Å². The Balaban J connectivity index is 2.07. The highest BCUT2D eigenvalue weighted by molar-refractivity contribution is 6.31. The Morgan fingerprint density at radius 3 is 2.42 bits per heavy atom. The molecule has 26 heavy (non-hydrogen) atoms. The Labute approximate surface area is 155 Å². The number of non-ortho nitro benzene ring substituents is 1. The molecule has 2 amide bonds. The van der Waals surface area contributed by atoms with E-state index in [0.717, 1.165) is 5.56 Å². The van der Waals surface area contributed by atoms with Gasteiger partial charge in [0.05, 0.1) is 4.92 Å². The second kappa shape index (κ2) is 8.44. The first-order valence-electron chi connectivity index (χ1n) is 7.91. The molecule has 8 heteroatoms. The van der Waals surface area contributed by atoms with E-state index in [9.17, 15) is 19.7 Å². The number of nitrogens with one attached hydrogen (secondary N) is 1. The molecule has 1 N–H and O–H groups in total. The van der Waals surface area contributed by atoms with Crippen molar-refractivity contribution in [3.63, 3.8) is 0 Å². The summed E-state index contributed by atoms with van der Waals surface area (Å²) in [5.41, 5.74) is 1.62. The van der Waals surface area contributed by atoms with Crippen LogP contribution in [0.1, 0.15) is 22.8 Å². The highest BCUT2D eigenvalue weighted by Gasteiger charge is 2.18. The number of aryl methyl sites for hydroxylation is 1. The fourth-order valence-corrected chi connectivity index (χ4v) is 2.50. The molecule has 0 heterocycles. The van der Waals surface area contributed by atoms with Crippen LogP contribution in [0.25, 0.3) is 0 Å². The number of hydrogen-bond donors (Lipinski definition) is 1. The Morgan fingerprint density at radius 1 is 1.19 bits per heavy atom. The molecule has 136 valence electrons. The summed E-state index contributed by atoms with van der Waals surface area (Å²) in [6, 6.07) is 10.4. The molecule has 0 aliphatic carbocycles. The molecule has 0 saturated carbocycles. The van der Waals surface area contributed by atoms with Crippen molar-refractivity contribution >= 4 is 34.8 Å². The molecule has 0 atom stereocenters. The van der Waals surface area contributed by atoms with Crippen molar-refractivity contribution in [1.82, 2.24) is 4.90 Å². The lowest BCUT2D eigenvalue weighted by Gasteiger charge is -2.20. The number of amides is 2. The van der Waals surface area contributed by atoms with Crippen LogP contribution in [0.15, 0.2) is 42.5 Å². The monoisotopic (exact) mass is 375 g/mol. The summed E-state index contributed by atoms with van der Waals surface area (Å²) in [6.45, 7) is 3.77. The van der Waals surface area contributed by atoms with Crippen molar-refractivity contribution in [3.8, 4) is 0 Å². The number of nitro groups is 1. The number of hydrogen-bond acceptors (Lipinski definition) is 4. The number of anilines is 1. The third-order valence-corrected chi connectivity index (χ3v) is 4.04. The predicted octanol–water partition coefficient (Wildman–Crippen LogP) is 3.66. The first kappa shape index (κ1) is 19.4. The van der Waals surface area contributed by atoms with Gasteiger partial charge in [-0.25, -0.2) is 0 Å². The summed E-state index contributed by atoms with van der Waals surface area (Å²) in [5, 5.41) is 13.9. The van der Waals surface area contributed by atoms with Crippen LogP contribution in [0.3, 0.4) is 0 Å². The standard InChI is InChI=1S/C18H18ClN3O4/c1-3-21(18(24)13-5-8-15(9-6-13)22(25)26)11-17(23)20-16-10-14(19)7-4-12(16)2/h4-10H,3,11H2,1-2H3,(H,20,23). The highest BCUT2D eigenvalue weighted by atomic mass is 35.5. The van der Waals surface area contributed by atoms with Gasteiger partial charge in [0, 0.05) is 35.0 Å². The summed E-state index contributed by atoms with van der Waals surface area (Å²) >= 11 is 5.94. The molecule has 2 aromatic rings. The van der Waals surface area contributed by atoms with Gasteiger partial charge in [-0.1, -0.05) is 17.7 Å². The van der Waals surface area contributed by atoms with Gasteiger partial charge in [-0.05, 0) is 43.7 Å². The number of nitro benzene ring substituents is 1. The number of carbonyl (C=O) groups excluding carboxylic acids is 2. The van der Waals surface area contributed by atoms with Crippen LogP contribution in [-0.4, -0.2) is 34.7 Å². The molecular weight excluding hydrogens is 358 g/mol. The third-order valence-electron chi connectivity index (χ3n) is 3.80. The van der Waals surface area contributed by atoms with Gasteiger partial charge in [-0.2, -0.15) is 0 Å². The van der Waals surface area contributed by atoms with Gasteiger partial charge in [0.25, 0.3) is 11.6 Å². The van der Waals surface area contributed by atoms with Crippen LogP contribution in [0.5, 0.6) is 0 Å². The summed E-state index contributed by atoms with van der Waals surface area (Å²) < 4.78 is 0. The molecule has 0 spiro atoms. The SMILES string of the molecule is CCN(CC(=O)Nc1cc(Cl)ccc1C)C(=O)c1ccc([N+](=O)[O-])cc1. The molecule has 0 aliphatic heterocycles. The summed E-state index contributed by atoms with van der Waals surface area (Å²) in [4.78, 5) is 36.3. The Bertz CT molecular complexity index is 837. The van der Waals surface area contributed by atoms with E-state index in [1.165, 1.54) is 29.2 Å². The second-order valence-corrected chi connectivity index (χ2v) is 6.07. The number of likely N-dealkylation sites (N-methyl/N-ethyl adjacent to an activating group) is 1. The smallest absolute Gasteiger partial charge is 0.269 e. The lowest BCUT2D eigenvalue weighted by atomic mass is 10.1. The van der Waals surface area contributed by atoms with Crippen LogP contribution in [-0.2, 0) is 4.79 Å². The highest BCUT2D eigenvalue weighted by Crippen LogP contribution is 2.20.